The topological polar surface area (TPSA) is 139 Å². The molecular formula is C34H39ClN6O4S. The second kappa shape index (κ2) is 16.9. The van der Waals surface area contributed by atoms with Gasteiger partial charge in [0.05, 0.1) is 16.4 Å². The molecule has 4 aromatic rings. The molecule has 1 aromatic heterocycles. The number of nitrogens with one attached hydrogen (secondary N) is 2. The molecule has 12 heteroatoms. The van der Waals surface area contributed by atoms with Gasteiger partial charge in [0, 0.05) is 17.7 Å². The summed E-state index contributed by atoms with van der Waals surface area (Å²) >= 11 is 10.9. The van der Waals surface area contributed by atoms with E-state index in [9.17, 15) is 19.5 Å². The van der Waals surface area contributed by atoms with Gasteiger partial charge in [-0.25, -0.2) is 0 Å². The summed E-state index contributed by atoms with van der Waals surface area (Å²) in [4.78, 5) is 40.6. The zero-order chi connectivity index (χ0) is 32.9. The van der Waals surface area contributed by atoms with Crippen molar-refractivity contribution in [2.24, 2.45) is 0 Å². The van der Waals surface area contributed by atoms with Gasteiger partial charge in [0.2, 0.25) is 10.7 Å². The monoisotopic (exact) mass is 662 g/mol. The summed E-state index contributed by atoms with van der Waals surface area (Å²) in [6.07, 6.45) is 10.9. The van der Waals surface area contributed by atoms with Crippen molar-refractivity contribution < 1.29 is 19.5 Å². The molecule has 0 aliphatic rings. The maximum absolute atomic E-state index is 14.1. The Morgan fingerprint density at radius 1 is 0.848 bits per heavy atom. The smallest absolute Gasteiger partial charge is 0.256 e. The zero-order valence-corrected chi connectivity index (χ0v) is 27.4. The number of ketones is 1. The van der Waals surface area contributed by atoms with E-state index in [2.05, 4.69) is 45.7 Å². The second-order valence-corrected chi connectivity index (χ2v) is 12.2. The quantitative estimate of drug-likeness (QED) is 0.0397. The van der Waals surface area contributed by atoms with Crippen molar-refractivity contribution in [3.63, 3.8) is 0 Å². The Morgan fingerprint density at radius 3 is 2.13 bits per heavy atom. The van der Waals surface area contributed by atoms with E-state index >= 15 is 0 Å². The molecular weight excluding hydrogens is 624 g/mol. The average Bonchev–Trinajstić information content (AvgIpc) is 3.55. The number of carbonyl (C=O) groups is 3. The Morgan fingerprint density at radius 2 is 1.48 bits per heavy atom. The van der Waals surface area contributed by atoms with E-state index in [-0.39, 0.29) is 33.8 Å². The van der Waals surface area contributed by atoms with Gasteiger partial charge in [0.15, 0.2) is 11.6 Å². The van der Waals surface area contributed by atoms with Crippen molar-refractivity contribution >= 4 is 53.2 Å². The summed E-state index contributed by atoms with van der Waals surface area (Å²) < 4.78 is -1.01. The Hall–Kier alpha value is -4.22. The fourth-order valence-corrected chi connectivity index (χ4v) is 5.50. The number of nitrogens with zero attached hydrogens (tertiary/aromatic N) is 4. The van der Waals surface area contributed by atoms with Crippen LogP contribution in [0.15, 0.2) is 72.8 Å². The number of anilines is 2. The summed E-state index contributed by atoms with van der Waals surface area (Å²) in [5.74, 6) is -1.79. The van der Waals surface area contributed by atoms with Crippen LogP contribution in [0.3, 0.4) is 0 Å². The third kappa shape index (κ3) is 8.95. The van der Waals surface area contributed by atoms with Crippen LogP contribution in [-0.4, -0.2) is 42.9 Å². The number of aromatic nitrogens is 4. The number of rotatable bonds is 17. The highest BCUT2D eigenvalue weighted by atomic mass is 35.5. The van der Waals surface area contributed by atoms with E-state index in [0.717, 1.165) is 19.3 Å². The number of hydrogen-bond acceptors (Lipinski definition) is 8. The number of unbranched alkanes of at least 4 members (excludes halogenated alkanes) is 8. The van der Waals surface area contributed by atoms with Crippen LogP contribution in [0.2, 0.25) is 5.02 Å². The number of phenolic OH excluding ortho intramolecular Hbond substituents is 1. The van der Waals surface area contributed by atoms with E-state index < -0.39 is 16.4 Å². The number of para-hydroxylation sites is 1. The lowest BCUT2D eigenvalue weighted by molar-refractivity contribution is -0.118. The van der Waals surface area contributed by atoms with Crippen LogP contribution < -0.4 is 10.6 Å². The molecule has 3 aromatic carbocycles. The van der Waals surface area contributed by atoms with Crippen molar-refractivity contribution in [1.29, 1.82) is 0 Å². The number of phenols is 1. The summed E-state index contributed by atoms with van der Waals surface area (Å²) in [5, 5.41) is 27.3. The zero-order valence-electron chi connectivity index (χ0n) is 25.8. The predicted molar refractivity (Wildman–Crippen MR) is 183 cm³/mol. The second-order valence-electron chi connectivity index (χ2n) is 11.1. The maximum Gasteiger partial charge on any atom is 0.256 e. The van der Waals surface area contributed by atoms with Gasteiger partial charge in [0.25, 0.3) is 5.91 Å². The van der Waals surface area contributed by atoms with Crippen LogP contribution in [-0.2, 0) is 14.3 Å². The van der Waals surface area contributed by atoms with Gasteiger partial charge in [-0.3, -0.25) is 14.4 Å². The summed E-state index contributed by atoms with van der Waals surface area (Å²) in [7, 11) is 0. The molecule has 0 fully saturated rings. The lowest BCUT2D eigenvalue weighted by atomic mass is 9.94. The first-order valence-corrected chi connectivity index (χ1v) is 16.4. The molecule has 1 heterocycles. The summed E-state index contributed by atoms with van der Waals surface area (Å²) in [5.41, 5.74) is 1.33. The minimum Gasteiger partial charge on any atom is -0.508 e. The number of amides is 2. The van der Waals surface area contributed by atoms with E-state index in [1.807, 2.05) is 0 Å². The number of halogens is 1. The van der Waals surface area contributed by atoms with Gasteiger partial charge >= 0.3 is 0 Å². The van der Waals surface area contributed by atoms with Crippen LogP contribution in [0.4, 0.5) is 11.4 Å². The average molecular weight is 663 g/mol. The highest BCUT2D eigenvalue weighted by Crippen LogP contribution is 2.35. The van der Waals surface area contributed by atoms with E-state index in [1.165, 1.54) is 79.6 Å². The molecule has 10 nitrogen and oxygen atoms in total. The highest BCUT2D eigenvalue weighted by Gasteiger charge is 2.49. The van der Waals surface area contributed by atoms with Gasteiger partial charge in [-0.15, -0.1) is 17.7 Å². The van der Waals surface area contributed by atoms with Crippen LogP contribution in [0, 0.1) is 0 Å². The molecule has 0 spiro atoms. The van der Waals surface area contributed by atoms with Crippen molar-refractivity contribution in [2.45, 2.75) is 75.9 Å². The minimum absolute atomic E-state index is 0.0170. The van der Waals surface area contributed by atoms with Crippen LogP contribution in [0.25, 0.3) is 5.69 Å². The Balaban J connectivity index is 1.48. The number of benzene rings is 3. The first-order valence-electron chi connectivity index (χ1n) is 15.6. The lowest BCUT2D eigenvalue weighted by Gasteiger charge is -2.25. The number of tetrazole rings is 1. The Bertz CT molecular complexity index is 1610. The largest absolute Gasteiger partial charge is 0.508 e. The molecule has 0 saturated carbocycles. The first-order chi connectivity index (χ1) is 22.2. The number of thiol groups is 1. The van der Waals surface area contributed by atoms with Gasteiger partial charge < -0.3 is 15.7 Å². The predicted octanol–water partition coefficient (Wildman–Crippen LogP) is 7.53. The lowest BCUT2D eigenvalue weighted by Crippen LogP contribution is -2.45. The molecule has 242 valence electrons. The van der Waals surface area contributed by atoms with Gasteiger partial charge in [-0.2, -0.15) is 4.68 Å². The van der Waals surface area contributed by atoms with E-state index in [1.54, 1.807) is 36.4 Å². The molecule has 0 radical (unpaired) electrons. The summed E-state index contributed by atoms with van der Waals surface area (Å²) in [6.45, 7) is 2.21. The van der Waals surface area contributed by atoms with Crippen LogP contribution in [0.1, 0.15) is 87.3 Å². The third-order valence-corrected chi connectivity index (χ3v) is 8.54. The molecule has 0 aliphatic carbocycles. The third-order valence-electron chi connectivity index (χ3n) is 7.60. The minimum atomic E-state index is -2.22. The number of carbonyl (C=O) groups excluding carboxylic acids is 3. The van der Waals surface area contributed by atoms with Gasteiger partial charge in [-0.05, 0) is 77.5 Å². The van der Waals surface area contributed by atoms with Gasteiger partial charge in [0.1, 0.15) is 5.75 Å². The van der Waals surface area contributed by atoms with Crippen molar-refractivity contribution in [1.82, 2.24) is 20.2 Å². The Labute approximate surface area is 279 Å². The molecule has 0 aliphatic heterocycles. The van der Waals surface area contributed by atoms with Crippen molar-refractivity contribution in [3.8, 4) is 11.4 Å². The normalized spacial score (nSPS) is 12.3. The van der Waals surface area contributed by atoms with Crippen molar-refractivity contribution in [2.75, 3.05) is 10.6 Å². The number of hydrogen-bond donors (Lipinski definition) is 4. The fraction of sp³-hybridized carbons (Fsp3) is 0.353. The molecule has 3 N–H and O–H groups in total. The SMILES string of the molecule is CCCCCCCCCCCC(=O)Nc1ccc(C(=O)C(S)(C(=O)Nc2ccccc2Cl)c2nnnn2-c2ccc(O)cc2)cc1. The molecule has 0 saturated heterocycles. The highest BCUT2D eigenvalue weighted by molar-refractivity contribution is 7.83. The molecule has 2 amide bonds. The van der Waals surface area contributed by atoms with Crippen molar-refractivity contribution in [3.05, 3.63) is 89.2 Å². The fourth-order valence-electron chi connectivity index (χ4n) is 5.00. The first kappa shape index (κ1) is 34.6. The molecule has 46 heavy (non-hydrogen) atoms. The van der Waals surface area contributed by atoms with Gasteiger partial charge in [-0.1, -0.05) is 82.0 Å². The molecule has 0 bridgehead atoms. The Kier molecular flexibility index (Phi) is 12.7. The number of Topliss-reactive ketones (excluding diaryl/α,β-unsaturated/α-hetero) is 1. The standard InChI is InChI=1S/C34H39ClN6O4S/c1-2-3-4-5-6-7-8-9-10-15-30(43)36-25-18-16-24(17-19-25)31(44)34(46,33(45)37-29-14-12-11-13-28(29)35)32-38-39-40-41(32)26-20-22-27(42)23-21-26/h11-14,16-23,42,46H,2-10,15H2,1H3,(H,36,43)(H,37,45). The van der Waals surface area contributed by atoms with E-state index in [0.29, 0.717) is 17.8 Å². The number of aromatic hydroxyl groups is 1. The molecule has 1 unspecified atom stereocenters. The maximum atomic E-state index is 14.1. The summed E-state index contributed by atoms with van der Waals surface area (Å²) in [6, 6.07) is 18.7. The van der Waals surface area contributed by atoms with E-state index in [4.69, 9.17) is 11.6 Å². The molecule has 4 rings (SSSR count). The van der Waals surface area contributed by atoms with Crippen LogP contribution >= 0.6 is 24.2 Å². The molecule has 1 atom stereocenters. The van der Waals surface area contributed by atoms with Crippen LogP contribution in [0.5, 0.6) is 5.75 Å².